The van der Waals surface area contributed by atoms with Crippen LogP contribution in [0.25, 0.3) is 0 Å². The van der Waals surface area contributed by atoms with Crippen LogP contribution in [0.3, 0.4) is 0 Å². The number of amides is 1. The second-order valence-corrected chi connectivity index (χ2v) is 7.69. The number of alkyl halides is 3. The SMILES string of the molecule is Cc1ccc(C(=O)C2=C(O)C(=O)N(c3ccc(C)nn3)C2c2ccc(C(F)(F)F)cc2)cc1. The van der Waals surface area contributed by atoms with Gasteiger partial charge in [0.1, 0.15) is 0 Å². The molecule has 9 heteroatoms. The Morgan fingerprint density at radius 1 is 0.939 bits per heavy atom. The maximum atomic E-state index is 13.3. The lowest BCUT2D eigenvalue weighted by atomic mass is 9.92. The summed E-state index contributed by atoms with van der Waals surface area (Å²) in [7, 11) is 0. The number of anilines is 1. The number of halogens is 3. The number of carbonyl (C=O) groups excluding carboxylic acids is 2. The van der Waals surface area contributed by atoms with Crippen molar-refractivity contribution in [2.45, 2.75) is 26.1 Å². The van der Waals surface area contributed by atoms with Crippen LogP contribution in [0.5, 0.6) is 0 Å². The van der Waals surface area contributed by atoms with Gasteiger partial charge in [0.15, 0.2) is 17.4 Å². The molecule has 1 aromatic heterocycles. The molecule has 1 atom stereocenters. The molecule has 1 amide bonds. The third kappa shape index (κ3) is 4.09. The van der Waals surface area contributed by atoms with E-state index in [4.69, 9.17) is 0 Å². The molecule has 168 valence electrons. The zero-order valence-corrected chi connectivity index (χ0v) is 17.6. The van der Waals surface area contributed by atoms with E-state index in [0.29, 0.717) is 5.69 Å². The van der Waals surface area contributed by atoms with Gasteiger partial charge in [0.25, 0.3) is 5.91 Å². The summed E-state index contributed by atoms with van der Waals surface area (Å²) in [6.45, 7) is 3.53. The smallest absolute Gasteiger partial charge is 0.416 e. The second-order valence-electron chi connectivity index (χ2n) is 7.69. The van der Waals surface area contributed by atoms with Crippen molar-refractivity contribution in [2.75, 3.05) is 4.90 Å². The first-order valence-corrected chi connectivity index (χ1v) is 9.93. The van der Waals surface area contributed by atoms with E-state index < -0.39 is 35.2 Å². The van der Waals surface area contributed by atoms with E-state index >= 15 is 0 Å². The summed E-state index contributed by atoms with van der Waals surface area (Å²) in [6.07, 6.45) is -4.55. The maximum absolute atomic E-state index is 13.3. The van der Waals surface area contributed by atoms with Crippen molar-refractivity contribution in [3.63, 3.8) is 0 Å². The van der Waals surface area contributed by atoms with Gasteiger partial charge in [-0.2, -0.15) is 18.3 Å². The lowest BCUT2D eigenvalue weighted by Gasteiger charge is -2.26. The minimum atomic E-state index is -4.55. The molecule has 0 spiro atoms. The predicted octanol–water partition coefficient (Wildman–Crippen LogP) is 4.90. The molecule has 1 aliphatic rings. The van der Waals surface area contributed by atoms with Crippen LogP contribution in [0.15, 0.2) is 72.0 Å². The van der Waals surface area contributed by atoms with Crippen molar-refractivity contribution >= 4 is 17.5 Å². The van der Waals surface area contributed by atoms with Gasteiger partial charge in [-0.05, 0) is 43.7 Å². The summed E-state index contributed by atoms with van der Waals surface area (Å²) < 4.78 is 39.2. The van der Waals surface area contributed by atoms with Crippen LogP contribution >= 0.6 is 0 Å². The van der Waals surface area contributed by atoms with Crippen molar-refractivity contribution < 1.29 is 27.9 Å². The van der Waals surface area contributed by atoms with Crippen molar-refractivity contribution in [1.29, 1.82) is 0 Å². The summed E-state index contributed by atoms with van der Waals surface area (Å²) >= 11 is 0. The minimum Gasteiger partial charge on any atom is -0.503 e. The molecular weight excluding hydrogens is 435 g/mol. The first-order valence-electron chi connectivity index (χ1n) is 9.93. The molecule has 33 heavy (non-hydrogen) atoms. The summed E-state index contributed by atoms with van der Waals surface area (Å²) in [6, 6.07) is 12.5. The number of Topliss-reactive ketones (excluding diaryl/α,β-unsaturated/α-hetero) is 1. The van der Waals surface area contributed by atoms with Crippen molar-refractivity contribution in [3.8, 4) is 0 Å². The third-order valence-corrected chi connectivity index (χ3v) is 5.35. The molecular formula is C24H18F3N3O3. The molecule has 0 aliphatic carbocycles. The maximum Gasteiger partial charge on any atom is 0.416 e. The standard InChI is InChI=1S/C24H18F3N3O3/c1-13-3-6-16(7-4-13)21(31)19-20(15-8-10-17(11-9-15)24(25,26)27)30(23(33)22(19)32)18-12-5-14(2)28-29-18/h3-12,20,32H,1-2H3. The van der Waals surface area contributed by atoms with E-state index in [1.54, 1.807) is 37.3 Å². The fraction of sp³-hybridized carbons (Fsp3) is 0.167. The molecule has 1 unspecified atom stereocenters. The van der Waals surface area contributed by atoms with Gasteiger partial charge in [-0.15, -0.1) is 5.10 Å². The molecule has 4 rings (SSSR count). The average Bonchev–Trinajstić information content (AvgIpc) is 3.04. The number of hydrogen-bond acceptors (Lipinski definition) is 5. The van der Waals surface area contributed by atoms with Crippen LogP contribution in [0.2, 0.25) is 0 Å². The predicted molar refractivity (Wildman–Crippen MR) is 114 cm³/mol. The van der Waals surface area contributed by atoms with E-state index in [1.165, 1.54) is 18.2 Å². The fourth-order valence-electron chi connectivity index (χ4n) is 3.62. The van der Waals surface area contributed by atoms with Gasteiger partial charge in [-0.25, -0.2) is 0 Å². The Morgan fingerprint density at radius 3 is 2.12 bits per heavy atom. The van der Waals surface area contributed by atoms with Crippen LogP contribution in [0.4, 0.5) is 19.0 Å². The summed E-state index contributed by atoms with van der Waals surface area (Å²) in [4.78, 5) is 27.4. The van der Waals surface area contributed by atoms with Crippen LogP contribution < -0.4 is 4.90 Å². The van der Waals surface area contributed by atoms with Crippen LogP contribution in [-0.4, -0.2) is 27.0 Å². The quantitative estimate of drug-likeness (QED) is 0.569. The number of benzene rings is 2. The zero-order chi connectivity index (χ0) is 23.9. The van der Waals surface area contributed by atoms with E-state index in [2.05, 4.69) is 10.2 Å². The van der Waals surface area contributed by atoms with Gasteiger partial charge in [0.2, 0.25) is 0 Å². The Hall–Kier alpha value is -4.01. The number of nitrogens with zero attached hydrogens (tertiary/aromatic N) is 3. The van der Waals surface area contributed by atoms with Gasteiger partial charge in [-0.1, -0.05) is 42.0 Å². The normalized spacial score (nSPS) is 16.5. The number of aliphatic hydroxyl groups is 1. The topological polar surface area (TPSA) is 83.4 Å². The molecule has 1 N–H and O–H groups in total. The largest absolute Gasteiger partial charge is 0.503 e. The van der Waals surface area contributed by atoms with Crippen LogP contribution in [0, 0.1) is 13.8 Å². The highest BCUT2D eigenvalue weighted by Gasteiger charge is 2.45. The van der Waals surface area contributed by atoms with Gasteiger partial charge in [0.05, 0.1) is 22.9 Å². The Morgan fingerprint density at radius 2 is 1.58 bits per heavy atom. The number of carbonyl (C=O) groups is 2. The lowest BCUT2D eigenvalue weighted by molar-refractivity contribution is -0.137. The van der Waals surface area contributed by atoms with Crippen LogP contribution in [-0.2, 0) is 11.0 Å². The van der Waals surface area contributed by atoms with Crippen molar-refractivity contribution in [3.05, 3.63) is 99.9 Å². The number of aryl methyl sites for hydroxylation is 2. The highest BCUT2D eigenvalue weighted by Crippen LogP contribution is 2.42. The number of ketones is 1. The molecule has 2 heterocycles. The monoisotopic (exact) mass is 453 g/mol. The molecule has 0 fully saturated rings. The minimum absolute atomic E-state index is 0.0498. The summed E-state index contributed by atoms with van der Waals surface area (Å²) in [5.74, 6) is -2.25. The number of aliphatic hydroxyl groups excluding tert-OH is 1. The first-order chi connectivity index (χ1) is 15.6. The third-order valence-electron chi connectivity index (χ3n) is 5.35. The van der Waals surface area contributed by atoms with Crippen molar-refractivity contribution in [1.82, 2.24) is 10.2 Å². The Kier molecular flexibility index (Phi) is 5.49. The van der Waals surface area contributed by atoms with Gasteiger partial charge in [0, 0.05) is 5.56 Å². The average molecular weight is 453 g/mol. The molecule has 0 saturated heterocycles. The van der Waals surface area contributed by atoms with Gasteiger partial charge in [-0.3, -0.25) is 14.5 Å². The second kappa shape index (κ2) is 8.16. The molecule has 6 nitrogen and oxygen atoms in total. The van der Waals surface area contributed by atoms with Crippen molar-refractivity contribution in [2.24, 2.45) is 0 Å². The van der Waals surface area contributed by atoms with E-state index in [1.807, 2.05) is 6.92 Å². The number of rotatable bonds is 4. The zero-order valence-electron chi connectivity index (χ0n) is 17.6. The van der Waals surface area contributed by atoms with E-state index in [9.17, 15) is 27.9 Å². The van der Waals surface area contributed by atoms with Gasteiger partial charge >= 0.3 is 6.18 Å². The Bertz CT molecular complexity index is 1250. The molecule has 0 bridgehead atoms. The molecule has 0 saturated carbocycles. The molecule has 0 radical (unpaired) electrons. The number of aromatic nitrogens is 2. The summed E-state index contributed by atoms with van der Waals surface area (Å²) in [5.41, 5.74) is 0.789. The molecule has 3 aromatic rings. The summed E-state index contributed by atoms with van der Waals surface area (Å²) in [5, 5.41) is 18.6. The first kappa shape index (κ1) is 22.2. The molecule has 2 aromatic carbocycles. The highest BCUT2D eigenvalue weighted by atomic mass is 19.4. The Balaban J connectivity index is 1.86. The Labute approximate surface area is 187 Å². The van der Waals surface area contributed by atoms with Crippen LogP contribution in [0.1, 0.15) is 38.8 Å². The van der Waals surface area contributed by atoms with Gasteiger partial charge < -0.3 is 5.11 Å². The fourth-order valence-corrected chi connectivity index (χ4v) is 3.62. The number of hydrogen-bond donors (Lipinski definition) is 1. The lowest BCUT2D eigenvalue weighted by Crippen LogP contribution is -2.32. The highest BCUT2D eigenvalue weighted by molar-refractivity contribution is 6.20. The van der Waals surface area contributed by atoms with E-state index in [0.717, 1.165) is 22.6 Å². The van der Waals surface area contributed by atoms with E-state index in [-0.39, 0.29) is 22.5 Å². The molecule has 1 aliphatic heterocycles.